The predicted molar refractivity (Wildman–Crippen MR) is 151 cm³/mol. The maximum absolute atomic E-state index is 14.1. The molecular formula is C31H35N3O7. The van der Waals surface area contributed by atoms with Gasteiger partial charge in [0.25, 0.3) is 5.91 Å². The molecule has 0 aromatic heterocycles. The lowest BCUT2D eigenvalue weighted by atomic mass is 9.58. The third kappa shape index (κ3) is 4.23. The molecule has 0 saturated heterocycles. The highest BCUT2D eigenvalue weighted by atomic mass is 16.3. The summed E-state index contributed by atoms with van der Waals surface area (Å²) in [5.41, 5.74) is 4.13. The molecule has 0 bridgehead atoms. The number of aliphatic hydroxyl groups is 3. The van der Waals surface area contributed by atoms with Gasteiger partial charge in [0.05, 0.1) is 17.2 Å². The van der Waals surface area contributed by atoms with E-state index in [0.29, 0.717) is 11.3 Å². The van der Waals surface area contributed by atoms with Gasteiger partial charge in [-0.2, -0.15) is 0 Å². The van der Waals surface area contributed by atoms with E-state index in [9.17, 15) is 34.8 Å². The Morgan fingerprint density at radius 2 is 1.80 bits per heavy atom. The van der Waals surface area contributed by atoms with Crippen molar-refractivity contribution in [1.82, 2.24) is 4.90 Å². The third-order valence-corrected chi connectivity index (χ3v) is 8.83. The Morgan fingerprint density at radius 1 is 1.10 bits per heavy atom. The monoisotopic (exact) mass is 561 g/mol. The lowest BCUT2D eigenvalue weighted by molar-refractivity contribution is -0.148. The van der Waals surface area contributed by atoms with E-state index in [-0.39, 0.29) is 35.3 Å². The fraction of sp³-hybridized carbons (Fsp3) is 0.452. The van der Waals surface area contributed by atoms with Crippen molar-refractivity contribution in [2.75, 3.05) is 33.1 Å². The maximum atomic E-state index is 14.1. The number of rotatable bonds is 3. The number of likely N-dealkylation sites (N-methyl/N-ethyl adjacent to an activating group) is 1. The smallest absolute Gasteiger partial charge is 0.255 e. The first-order valence-corrected chi connectivity index (χ1v) is 13.7. The van der Waals surface area contributed by atoms with Crippen LogP contribution in [0.15, 0.2) is 40.4 Å². The largest absolute Gasteiger partial charge is 0.510 e. The number of hydrogen-bond acceptors (Lipinski definition) is 9. The van der Waals surface area contributed by atoms with Gasteiger partial charge in [0.15, 0.2) is 11.4 Å². The Kier molecular flexibility index (Phi) is 7.00. The van der Waals surface area contributed by atoms with E-state index in [0.717, 1.165) is 31.3 Å². The molecule has 1 amide bonds. The number of hydrogen-bond donors (Lipinski definition) is 5. The number of ketones is 2. The van der Waals surface area contributed by atoms with Crippen LogP contribution in [0.4, 0.5) is 5.69 Å². The van der Waals surface area contributed by atoms with E-state index >= 15 is 0 Å². The van der Waals surface area contributed by atoms with Crippen LogP contribution in [-0.4, -0.2) is 82.6 Å². The molecule has 41 heavy (non-hydrogen) atoms. The van der Waals surface area contributed by atoms with Crippen LogP contribution in [0.25, 0.3) is 0 Å². The van der Waals surface area contributed by atoms with Gasteiger partial charge in [-0.3, -0.25) is 19.3 Å². The average molecular weight is 562 g/mol. The van der Waals surface area contributed by atoms with Crippen molar-refractivity contribution in [3.63, 3.8) is 0 Å². The topological polar surface area (TPSA) is 165 Å². The molecule has 0 fully saturated rings. The molecule has 0 heterocycles. The number of benzene rings is 1. The highest BCUT2D eigenvalue weighted by Gasteiger charge is 2.63. The molecule has 10 nitrogen and oxygen atoms in total. The lowest BCUT2D eigenvalue weighted by Crippen LogP contribution is -2.63. The molecule has 1 aromatic carbocycles. The second-order valence-corrected chi connectivity index (χ2v) is 11.7. The predicted octanol–water partition coefficient (Wildman–Crippen LogP) is 2.04. The summed E-state index contributed by atoms with van der Waals surface area (Å²) in [5.74, 6) is -0.623. The Balaban J connectivity index is 1.70. The first-order valence-electron chi connectivity index (χ1n) is 13.7. The van der Waals surface area contributed by atoms with Gasteiger partial charge < -0.3 is 31.1 Å². The SMILES string of the molecule is CN(C)c1cc(C#CC2=CCCCC2)c(O)c2c1CC1CC3[C@H](N(C)C)C(O)=C(C(N)=O)C(=O)[C@@]3(O)C(O)=C1C2=O. The van der Waals surface area contributed by atoms with Crippen LogP contribution < -0.4 is 10.6 Å². The minimum absolute atomic E-state index is 0.0368. The van der Waals surface area contributed by atoms with Crippen molar-refractivity contribution in [1.29, 1.82) is 0 Å². The standard InChI is InChI=1S/C31H35N3O7/c1-33(2)20-14-16(11-10-15-8-6-5-7-9-15)25(35)22-18(20)12-17-13-19-24(34(3)4)27(37)23(30(32)40)29(39)31(19,41)28(38)21(17)26(22)36/h8,14,17,19,24,35,37-38,41H,5-7,9,12-13H2,1-4H3,(H2,32,40)/t17?,19?,24-,31-/m0/s1. The summed E-state index contributed by atoms with van der Waals surface area (Å²) in [6, 6.07) is 0.709. The van der Waals surface area contributed by atoms with Gasteiger partial charge >= 0.3 is 0 Å². The van der Waals surface area contributed by atoms with Crippen LogP contribution in [0.2, 0.25) is 0 Å². The second-order valence-electron chi connectivity index (χ2n) is 11.7. The van der Waals surface area contributed by atoms with Gasteiger partial charge in [-0.15, -0.1) is 0 Å². The molecule has 2 unspecified atom stereocenters. The third-order valence-electron chi connectivity index (χ3n) is 8.83. The number of phenols is 1. The zero-order valence-electron chi connectivity index (χ0n) is 23.6. The summed E-state index contributed by atoms with van der Waals surface area (Å²) in [6.07, 6.45) is 6.26. The second kappa shape index (κ2) is 10.1. The number of allylic oxidation sites excluding steroid dienone is 3. The van der Waals surface area contributed by atoms with Gasteiger partial charge in [-0.05, 0) is 75.7 Å². The number of phenolic OH excluding ortho intramolecular Hbond substituents is 1. The fourth-order valence-electron chi connectivity index (χ4n) is 6.89. The number of amides is 1. The number of fused-ring (bicyclic) bond motifs is 3. The van der Waals surface area contributed by atoms with E-state index in [2.05, 4.69) is 17.9 Å². The Labute approximate surface area is 238 Å². The average Bonchev–Trinajstić information content (AvgIpc) is 2.90. The van der Waals surface area contributed by atoms with Gasteiger partial charge in [-0.25, -0.2) is 0 Å². The molecule has 0 saturated carbocycles. The van der Waals surface area contributed by atoms with Crippen molar-refractivity contribution in [2.45, 2.75) is 50.2 Å². The number of aromatic hydroxyl groups is 1. The summed E-state index contributed by atoms with van der Waals surface area (Å²) in [7, 11) is 6.83. The van der Waals surface area contributed by atoms with Crippen molar-refractivity contribution in [3.8, 4) is 17.6 Å². The number of aliphatic hydroxyl groups excluding tert-OH is 2. The zero-order valence-corrected chi connectivity index (χ0v) is 23.6. The number of carbonyl (C=O) groups is 3. The number of Topliss-reactive ketones (excluding diaryl/α,β-unsaturated/α-hetero) is 2. The quantitative estimate of drug-likeness (QED) is 0.274. The molecule has 6 N–H and O–H groups in total. The van der Waals surface area contributed by atoms with Crippen LogP contribution in [0, 0.1) is 23.7 Å². The highest BCUT2D eigenvalue weighted by molar-refractivity contribution is 6.25. The molecular weight excluding hydrogens is 526 g/mol. The summed E-state index contributed by atoms with van der Waals surface area (Å²) in [6.45, 7) is 0. The normalized spacial score (nSPS) is 27.5. The summed E-state index contributed by atoms with van der Waals surface area (Å²) < 4.78 is 0. The number of nitrogens with two attached hydrogens (primary N) is 1. The summed E-state index contributed by atoms with van der Waals surface area (Å²) in [4.78, 5) is 43.1. The Hall–Kier alpha value is -4.07. The van der Waals surface area contributed by atoms with E-state index in [1.54, 1.807) is 20.2 Å². The fourth-order valence-corrected chi connectivity index (χ4v) is 6.89. The Morgan fingerprint density at radius 3 is 2.39 bits per heavy atom. The van der Waals surface area contributed by atoms with Crippen molar-refractivity contribution in [3.05, 3.63) is 57.1 Å². The van der Waals surface area contributed by atoms with Crippen molar-refractivity contribution < 1.29 is 34.8 Å². The molecule has 4 atom stereocenters. The molecule has 216 valence electrons. The summed E-state index contributed by atoms with van der Waals surface area (Å²) >= 11 is 0. The maximum Gasteiger partial charge on any atom is 0.255 e. The molecule has 4 aliphatic rings. The van der Waals surface area contributed by atoms with Crippen LogP contribution in [0.3, 0.4) is 0 Å². The van der Waals surface area contributed by atoms with Crippen LogP contribution >= 0.6 is 0 Å². The molecule has 0 radical (unpaired) electrons. The van der Waals surface area contributed by atoms with Gasteiger partial charge in [-0.1, -0.05) is 17.9 Å². The minimum atomic E-state index is -2.67. The lowest BCUT2D eigenvalue weighted by Gasteiger charge is -2.50. The molecule has 4 aliphatic carbocycles. The first kappa shape index (κ1) is 28.5. The zero-order chi connectivity index (χ0) is 30.0. The van der Waals surface area contributed by atoms with E-state index < -0.39 is 58.0 Å². The minimum Gasteiger partial charge on any atom is -0.510 e. The molecule has 0 aliphatic heterocycles. The Bertz CT molecular complexity index is 1540. The number of carbonyl (C=O) groups excluding carboxylic acids is 3. The number of primary amides is 1. The van der Waals surface area contributed by atoms with E-state index in [1.165, 1.54) is 4.90 Å². The molecule has 5 rings (SSSR count). The number of nitrogens with zero attached hydrogens (tertiary/aromatic N) is 2. The van der Waals surface area contributed by atoms with Crippen LogP contribution in [0.5, 0.6) is 5.75 Å². The summed E-state index contributed by atoms with van der Waals surface area (Å²) in [5, 5.41) is 45.5. The van der Waals surface area contributed by atoms with Gasteiger partial charge in [0.1, 0.15) is 22.8 Å². The molecule has 0 spiro atoms. The van der Waals surface area contributed by atoms with Gasteiger partial charge in [0.2, 0.25) is 5.78 Å². The molecule has 1 aromatic rings. The first-order chi connectivity index (χ1) is 19.3. The van der Waals surface area contributed by atoms with Crippen LogP contribution in [0.1, 0.15) is 53.6 Å². The van der Waals surface area contributed by atoms with E-state index in [1.807, 2.05) is 19.0 Å². The van der Waals surface area contributed by atoms with Gasteiger partial charge in [0, 0.05) is 31.3 Å². The highest BCUT2D eigenvalue weighted by Crippen LogP contribution is 2.53. The van der Waals surface area contributed by atoms with E-state index in [4.69, 9.17) is 5.73 Å². The van der Waals surface area contributed by atoms with Crippen molar-refractivity contribution >= 4 is 23.2 Å². The number of anilines is 1. The van der Waals surface area contributed by atoms with Crippen molar-refractivity contribution in [2.24, 2.45) is 17.6 Å². The van der Waals surface area contributed by atoms with Crippen LogP contribution in [-0.2, 0) is 16.0 Å². The molecule has 10 heteroatoms.